The van der Waals surface area contributed by atoms with Crippen LogP contribution in [0.4, 0.5) is 0 Å². The molecule has 0 saturated heterocycles. The Bertz CT molecular complexity index is 515. The van der Waals surface area contributed by atoms with Crippen molar-refractivity contribution in [1.82, 2.24) is 5.32 Å². The van der Waals surface area contributed by atoms with Gasteiger partial charge in [-0.05, 0) is 43.4 Å². The van der Waals surface area contributed by atoms with Gasteiger partial charge in [0.05, 0.1) is 12.7 Å². The van der Waals surface area contributed by atoms with Crippen molar-refractivity contribution in [2.24, 2.45) is 5.92 Å². The molecule has 1 aliphatic carbocycles. The molecule has 0 radical (unpaired) electrons. The number of aliphatic hydroxyl groups is 1. The van der Waals surface area contributed by atoms with Crippen molar-refractivity contribution in [1.29, 1.82) is 0 Å². The van der Waals surface area contributed by atoms with E-state index in [1.807, 2.05) is 13.0 Å². The first kappa shape index (κ1) is 15.8. The number of carbonyl (C=O) groups excluding carboxylic acids is 1. The molecule has 1 aliphatic rings. The van der Waals surface area contributed by atoms with Crippen LogP contribution >= 0.6 is 0 Å². The molecule has 0 spiro atoms. The van der Waals surface area contributed by atoms with E-state index < -0.39 is 5.60 Å². The van der Waals surface area contributed by atoms with Gasteiger partial charge in [0, 0.05) is 12.1 Å². The first-order valence-electron chi connectivity index (χ1n) is 7.59. The lowest BCUT2D eigenvalue weighted by Crippen LogP contribution is -2.45. The maximum atomic E-state index is 12.2. The van der Waals surface area contributed by atoms with Gasteiger partial charge in [-0.3, -0.25) is 4.79 Å². The highest BCUT2D eigenvalue weighted by Crippen LogP contribution is 2.31. The molecular formula is C17H25NO3. The van der Waals surface area contributed by atoms with Crippen LogP contribution < -0.4 is 10.1 Å². The van der Waals surface area contributed by atoms with Gasteiger partial charge in [0.2, 0.25) is 0 Å². The van der Waals surface area contributed by atoms with Crippen LogP contribution in [0.1, 0.15) is 48.5 Å². The average molecular weight is 291 g/mol. The summed E-state index contributed by atoms with van der Waals surface area (Å²) in [6, 6.07) is 5.38. The van der Waals surface area contributed by atoms with Gasteiger partial charge in [0.1, 0.15) is 5.75 Å². The van der Waals surface area contributed by atoms with E-state index in [2.05, 4.69) is 12.2 Å². The van der Waals surface area contributed by atoms with Crippen molar-refractivity contribution < 1.29 is 14.6 Å². The predicted octanol–water partition coefficient (Wildman–Crippen LogP) is 2.67. The molecule has 0 aliphatic heterocycles. The van der Waals surface area contributed by atoms with Crippen LogP contribution in [0.15, 0.2) is 18.2 Å². The molecule has 1 fully saturated rings. The highest BCUT2D eigenvalue weighted by Gasteiger charge is 2.32. The van der Waals surface area contributed by atoms with Gasteiger partial charge in [-0.25, -0.2) is 0 Å². The third-order valence-corrected chi connectivity index (χ3v) is 4.32. The second-order valence-electron chi connectivity index (χ2n) is 6.29. The van der Waals surface area contributed by atoms with Crippen LogP contribution in [-0.4, -0.2) is 30.3 Å². The van der Waals surface area contributed by atoms with Gasteiger partial charge in [-0.15, -0.1) is 0 Å². The molecule has 1 aromatic rings. The highest BCUT2D eigenvalue weighted by atomic mass is 16.5. The van der Waals surface area contributed by atoms with E-state index in [1.165, 1.54) is 0 Å². The van der Waals surface area contributed by atoms with E-state index in [-0.39, 0.29) is 5.91 Å². The lowest BCUT2D eigenvalue weighted by molar-refractivity contribution is -0.0109. The minimum atomic E-state index is -0.762. The molecule has 4 nitrogen and oxygen atoms in total. The lowest BCUT2D eigenvalue weighted by Gasteiger charge is -2.35. The van der Waals surface area contributed by atoms with E-state index in [4.69, 9.17) is 4.74 Å². The van der Waals surface area contributed by atoms with Crippen molar-refractivity contribution >= 4 is 5.91 Å². The number of nitrogens with one attached hydrogen (secondary N) is 1. The van der Waals surface area contributed by atoms with Crippen molar-refractivity contribution in [3.8, 4) is 5.75 Å². The number of carbonyl (C=O) groups is 1. The molecule has 116 valence electrons. The maximum absolute atomic E-state index is 12.2. The molecule has 2 unspecified atom stereocenters. The van der Waals surface area contributed by atoms with Crippen LogP contribution in [-0.2, 0) is 0 Å². The Morgan fingerprint density at radius 2 is 2.29 bits per heavy atom. The summed E-state index contributed by atoms with van der Waals surface area (Å²) < 4.78 is 5.23. The number of benzene rings is 1. The van der Waals surface area contributed by atoms with Crippen LogP contribution in [0.3, 0.4) is 0 Å². The summed E-state index contributed by atoms with van der Waals surface area (Å²) in [6.45, 7) is 4.40. The molecule has 1 amide bonds. The first-order chi connectivity index (χ1) is 9.93. The van der Waals surface area contributed by atoms with E-state index in [1.54, 1.807) is 19.2 Å². The summed E-state index contributed by atoms with van der Waals surface area (Å²) in [7, 11) is 1.59. The van der Waals surface area contributed by atoms with Crippen LogP contribution in [0, 0.1) is 12.8 Å². The third kappa shape index (κ3) is 3.97. The summed E-state index contributed by atoms with van der Waals surface area (Å²) in [5.41, 5.74) is 0.793. The zero-order valence-electron chi connectivity index (χ0n) is 13.1. The van der Waals surface area contributed by atoms with Crippen LogP contribution in [0.5, 0.6) is 5.75 Å². The number of ether oxygens (including phenoxy) is 1. The summed E-state index contributed by atoms with van der Waals surface area (Å²) in [5.74, 6) is 1.05. The Labute approximate surface area is 126 Å². The fourth-order valence-electron chi connectivity index (χ4n) is 3.10. The van der Waals surface area contributed by atoms with Crippen LogP contribution in [0.25, 0.3) is 0 Å². The smallest absolute Gasteiger partial charge is 0.251 e. The Hall–Kier alpha value is -1.55. The summed E-state index contributed by atoms with van der Waals surface area (Å²) >= 11 is 0. The number of aryl methyl sites for hydroxylation is 1. The van der Waals surface area contributed by atoms with Crippen LogP contribution in [0.2, 0.25) is 0 Å². The molecule has 4 heteroatoms. The standard InChI is InChI=1S/C17H25NO3/c1-12-5-4-8-17(20,10-12)11-18-16(19)14-7-6-13(2)15(9-14)21-3/h6-7,9,12,20H,4-5,8,10-11H2,1-3H3,(H,18,19). The summed E-state index contributed by atoms with van der Waals surface area (Å²) in [5, 5.41) is 13.4. The molecule has 1 saturated carbocycles. The number of hydrogen-bond donors (Lipinski definition) is 2. The van der Waals surface area contributed by atoms with E-state index in [0.29, 0.717) is 23.8 Å². The van der Waals surface area contributed by atoms with Crippen molar-refractivity contribution in [2.45, 2.75) is 45.1 Å². The monoisotopic (exact) mass is 291 g/mol. The Kier molecular flexibility index (Phi) is 4.88. The number of methoxy groups -OCH3 is 1. The molecular weight excluding hydrogens is 266 g/mol. The normalized spacial score (nSPS) is 25.4. The summed E-state index contributed by atoms with van der Waals surface area (Å²) in [6.07, 6.45) is 3.69. The zero-order valence-corrected chi connectivity index (χ0v) is 13.1. The molecule has 2 N–H and O–H groups in total. The Morgan fingerprint density at radius 3 is 2.95 bits per heavy atom. The van der Waals surface area contributed by atoms with Gasteiger partial charge < -0.3 is 15.2 Å². The molecule has 1 aromatic carbocycles. The lowest BCUT2D eigenvalue weighted by atomic mass is 9.79. The SMILES string of the molecule is COc1cc(C(=O)NCC2(O)CCCC(C)C2)ccc1C. The second-order valence-corrected chi connectivity index (χ2v) is 6.29. The highest BCUT2D eigenvalue weighted by molar-refractivity contribution is 5.94. The van der Waals surface area contributed by atoms with Gasteiger partial charge >= 0.3 is 0 Å². The molecule has 0 aromatic heterocycles. The molecule has 21 heavy (non-hydrogen) atoms. The number of rotatable bonds is 4. The first-order valence-corrected chi connectivity index (χ1v) is 7.59. The van der Waals surface area contributed by atoms with Crippen molar-refractivity contribution in [3.63, 3.8) is 0 Å². The number of hydrogen-bond acceptors (Lipinski definition) is 3. The average Bonchev–Trinajstić information content (AvgIpc) is 2.45. The third-order valence-electron chi connectivity index (χ3n) is 4.32. The van der Waals surface area contributed by atoms with Gasteiger partial charge in [0.25, 0.3) is 5.91 Å². The van der Waals surface area contributed by atoms with Gasteiger partial charge in [-0.2, -0.15) is 0 Å². The quantitative estimate of drug-likeness (QED) is 0.896. The van der Waals surface area contributed by atoms with E-state index in [9.17, 15) is 9.90 Å². The number of amides is 1. The predicted molar refractivity (Wildman–Crippen MR) is 82.6 cm³/mol. The molecule has 0 heterocycles. The largest absolute Gasteiger partial charge is 0.496 e. The van der Waals surface area contributed by atoms with Gasteiger partial charge in [0.15, 0.2) is 0 Å². The van der Waals surface area contributed by atoms with Crippen molar-refractivity contribution in [3.05, 3.63) is 29.3 Å². The fraction of sp³-hybridized carbons (Fsp3) is 0.588. The van der Waals surface area contributed by atoms with Crippen molar-refractivity contribution in [2.75, 3.05) is 13.7 Å². The van der Waals surface area contributed by atoms with E-state index in [0.717, 1.165) is 31.2 Å². The minimum absolute atomic E-state index is 0.167. The molecule has 0 bridgehead atoms. The molecule has 2 rings (SSSR count). The Balaban J connectivity index is 1.98. The summed E-state index contributed by atoms with van der Waals surface area (Å²) in [4.78, 5) is 12.2. The van der Waals surface area contributed by atoms with Gasteiger partial charge in [-0.1, -0.05) is 25.8 Å². The zero-order chi connectivity index (χ0) is 15.5. The minimum Gasteiger partial charge on any atom is -0.496 e. The maximum Gasteiger partial charge on any atom is 0.251 e. The Morgan fingerprint density at radius 1 is 1.52 bits per heavy atom. The topological polar surface area (TPSA) is 58.6 Å². The fourth-order valence-corrected chi connectivity index (χ4v) is 3.10. The molecule has 2 atom stereocenters. The second kappa shape index (κ2) is 6.48. The van der Waals surface area contributed by atoms with E-state index >= 15 is 0 Å².